The number of nitrogens with zero attached hydrogens (tertiary/aromatic N) is 3. The lowest BCUT2D eigenvalue weighted by Gasteiger charge is -2.34. The van der Waals surface area contributed by atoms with Crippen LogP contribution in [0.4, 0.5) is 5.69 Å². The van der Waals surface area contributed by atoms with E-state index >= 15 is 0 Å². The molecule has 1 aliphatic heterocycles. The molecule has 1 amide bonds. The van der Waals surface area contributed by atoms with E-state index in [4.69, 9.17) is 34.8 Å². The summed E-state index contributed by atoms with van der Waals surface area (Å²) >= 11 is 17.7. The molecule has 12 heteroatoms. The molecule has 0 spiro atoms. The van der Waals surface area contributed by atoms with Crippen molar-refractivity contribution in [3.05, 3.63) is 67.1 Å². The Bertz CT molecular complexity index is 1090. The topological polar surface area (TPSA) is 101 Å². The predicted molar refractivity (Wildman–Crippen MR) is 109 cm³/mol. The minimum atomic E-state index is -3.90. The second-order valence-corrected chi connectivity index (χ2v) is 9.29. The molecule has 154 valence electrons. The van der Waals surface area contributed by atoms with Gasteiger partial charge in [-0.15, -0.1) is 0 Å². The van der Waals surface area contributed by atoms with E-state index in [1.807, 2.05) is 0 Å². The number of nitro benzene ring substituents is 1. The van der Waals surface area contributed by atoms with Crippen LogP contribution in [0.5, 0.6) is 0 Å². The highest BCUT2D eigenvalue weighted by Gasteiger charge is 2.33. The molecule has 0 bridgehead atoms. The first-order valence-electron chi connectivity index (χ1n) is 8.30. The zero-order valence-electron chi connectivity index (χ0n) is 14.7. The third-order valence-electron chi connectivity index (χ3n) is 4.45. The average Bonchev–Trinajstić information content (AvgIpc) is 2.69. The summed E-state index contributed by atoms with van der Waals surface area (Å²) in [6, 6.07) is 8.12. The van der Waals surface area contributed by atoms with Crippen molar-refractivity contribution in [3.8, 4) is 0 Å². The van der Waals surface area contributed by atoms with E-state index in [0.717, 1.165) is 6.07 Å². The highest BCUT2D eigenvalue weighted by molar-refractivity contribution is 7.89. The van der Waals surface area contributed by atoms with Crippen LogP contribution in [0.25, 0.3) is 0 Å². The lowest BCUT2D eigenvalue weighted by Crippen LogP contribution is -2.50. The van der Waals surface area contributed by atoms with Crippen molar-refractivity contribution in [2.24, 2.45) is 0 Å². The molecule has 2 aromatic rings. The van der Waals surface area contributed by atoms with Crippen LogP contribution in [0.3, 0.4) is 0 Å². The van der Waals surface area contributed by atoms with Gasteiger partial charge in [-0.2, -0.15) is 4.31 Å². The lowest BCUT2D eigenvalue weighted by molar-refractivity contribution is -0.385. The van der Waals surface area contributed by atoms with E-state index in [1.165, 1.54) is 39.5 Å². The van der Waals surface area contributed by atoms with Gasteiger partial charge in [0.25, 0.3) is 11.6 Å². The summed E-state index contributed by atoms with van der Waals surface area (Å²) in [6.45, 7) is 0.155. The summed E-state index contributed by atoms with van der Waals surface area (Å²) in [5.41, 5.74) is -0.503. The molecule has 0 N–H and O–H groups in total. The number of hydrogen-bond acceptors (Lipinski definition) is 5. The van der Waals surface area contributed by atoms with Crippen LogP contribution in [-0.4, -0.2) is 54.6 Å². The first-order chi connectivity index (χ1) is 13.6. The van der Waals surface area contributed by atoms with Gasteiger partial charge in [-0.25, -0.2) is 8.42 Å². The van der Waals surface area contributed by atoms with Gasteiger partial charge < -0.3 is 4.90 Å². The summed E-state index contributed by atoms with van der Waals surface area (Å²) in [5.74, 6) is -0.564. The number of carbonyl (C=O) groups excluding carboxylic acids is 1. The van der Waals surface area contributed by atoms with Gasteiger partial charge in [0, 0.05) is 37.3 Å². The van der Waals surface area contributed by atoms with Crippen LogP contribution in [0.1, 0.15) is 10.4 Å². The van der Waals surface area contributed by atoms with Crippen LogP contribution in [-0.2, 0) is 10.0 Å². The van der Waals surface area contributed by atoms with Crippen molar-refractivity contribution < 1.29 is 18.1 Å². The Labute approximate surface area is 181 Å². The normalized spacial score (nSPS) is 15.3. The van der Waals surface area contributed by atoms with E-state index in [9.17, 15) is 23.3 Å². The standard InChI is InChI=1S/C17H14Cl3N3O5S/c18-11-4-5-12(14(10-11)23(25)26)17(24)21-6-8-22(9-7-21)29(27,28)15-3-1-2-13(19)16(15)20/h1-5,10H,6-9H2. The number of amides is 1. The molecule has 8 nitrogen and oxygen atoms in total. The Morgan fingerprint density at radius 3 is 2.31 bits per heavy atom. The Balaban J connectivity index is 1.78. The lowest BCUT2D eigenvalue weighted by atomic mass is 10.1. The van der Waals surface area contributed by atoms with Gasteiger partial charge in [-0.3, -0.25) is 14.9 Å². The first-order valence-corrected chi connectivity index (χ1v) is 10.9. The summed E-state index contributed by atoms with van der Waals surface area (Å²) in [7, 11) is -3.90. The van der Waals surface area contributed by atoms with E-state index in [0.29, 0.717) is 0 Å². The molecule has 0 atom stereocenters. The average molecular weight is 479 g/mol. The van der Waals surface area contributed by atoms with Crippen LogP contribution < -0.4 is 0 Å². The maximum Gasteiger partial charge on any atom is 0.283 e. The SMILES string of the molecule is O=C(c1ccc(Cl)cc1[N+](=O)[O-])N1CCN(S(=O)(=O)c2cccc(Cl)c2Cl)CC1. The molecule has 1 heterocycles. The number of carbonyl (C=O) groups is 1. The molecule has 29 heavy (non-hydrogen) atoms. The fraction of sp³-hybridized carbons (Fsp3) is 0.235. The van der Waals surface area contributed by atoms with Gasteiger partial charge in [0.2, 0.25) is 10.0 Å². The molecule has 2 aromatic carbocycles. The largest absolute Gasteiger partial charge is 0.336 e. The Morgan fingerprint density at radius 1 is 1.03 bits per heavy atom. The fourth-order valence-electron chi connectivity index (χ4n) is 2.96. The van der Waals surface area contributed by atoms with E-state index in [1.54, 1.807) is 0 Å². The first kappa shape index (κ1) is 21.8. The van der Waals surface area contributed by atoms with Crippen molar-refractivity contribution in [1.29, 1.82) is 0 Å². The zero-order chi connectivity index (χ0) is 21.3. The Hall–Kier alpha value is -1.91. The molecule has 0 aromatic heterocycles. The van der Waals surface area contributed by atoms with Crippen molar-refractivity contribution in [2.45, 2.75) is 4.90 Å². The highest BCUT2D eigenvalue weighted by Crippen LogP contribution is 2.31. The van der Waals surface area contributed by atoms with Crippen LogP contribution in [0.2, 0.25) is 15.1 Å². The number of piperazine rings is 1. The Kier molecular flexibility index (Phi) is 6.35. The molecular weight excluding hydrogens is 465 g/mol. The number of nitro groups is 1. The van der Waals surface area contributed by atoms with Gasteiger partial charge in [0.15, 0.2) is 0 Å². The van der Waals surface area contributed by atoms with Crippen molar-refractivity contribution in [2.75, 3.05) is 26.2 Å². The van der Waals surface area contributed by atoms with Gasteiger partial charge in [-0.05, 0) is 24.3 Å². The van der Waals surface area contributed by atoms with E-state index < -0.39 is 26.5 Å². The molecule has 0 unspecified atom stereocenters. The second-order valence-electron chi connectivity index (χ2n) is 6.17. The summed E-state index contributed by atoms with van der Waals surface area (Å²) in [4.78, 5) is 24.5. The van der Waals surface area contributed by atoms with Gasteiger partial charge in [0.05, 0.1) is 15.0 Å². The fourth-order valence-corrected chi connectivity index (χ4v) is 5.29. The molecule has 0 aliphatic carbocycles. The van der Waals surface area contributed by atoms with Crippen LogP contribution in [0.15, 0.2) is 41.3 Å². The number of hydrogen-bond donors (Lipinski definition) is 0. The molecule has 0 radical (unpaired) electrons. The minimum Gasteiger partial charge on any atom is -0.336 e. The molecule has 1 aliphatic rings. The summed E-state index contributed by atoms with van der Waals surface area (Å²) in [6.07, 6.45) is 0. The summed E-state index contributed by atoms with van der Waals surface area (Å²) in [5, 5.41) is 11.4. The highest BCUT2D eigenvalue weighted by atomic mass is 35.5. The number of rotatable bonds is 4. The maximum absolute atomic E-state index is 12.9. The molecule has 3 rings (SSSR count). The van der Waals surface area contributed by atoms with Crippen molar-refractivity contribution in [3.63, 3.8) is 0 Å². The third-order valence-corrected chi connectivity index (χ3v) is 7.55. The number of halogens is 3. The summed E-state index contributed by atoms with van der Waals surface area (Å²) < 4.78 is 26.9. The molecule has 1 saturated heterocycles. The van der Waals surface area contributed by atoms with Crippen LogP contribution >= 0.6 is 34.8 Å². The molecule has 1 fully saturated rings. The van der Waals surface area contributed by atoms with Gasteiger partial charge in [-0.1, -0.05) is 40.9 Å². The second kappa shape index (κ2) is 8.45. The van der Waals surface area contributed by atoms with E-state index in [2.05, 4.69) is 0 Å². The van der Waals surface area contributed by atoms with Crippen molar-refractivity contribution in [1.82, 2.24) is 9.21 Å². The van der Waals surface area contributed by atoms with Gasteiger partial charge >= 0.3 is 0 Å². The van der Waals surface area contributed by atoms with Crippen molar-refractivity contribution >= 4 is 56.4 Å². The van der Waals surface area contributed by atoms with Crippen LogP contribution in [0, 0.1) is 10.1 Å². The zero-order valence-corrected chi connectivity index (χ0v) is 17.8. The predicted octanol–water partition coefficient (Wildman–Crippen LogP) is 3.70. The maximum atomic E-state index is 12.9. The monoisotopic (exact) mass is 477 g/mol. The number of sulfonamides is 1. The Morgan fingerprint density at radius 2 is 1.69 bits per heavy atom. The van der Waals surface area contributed by atoms with Gasteiger partial charge in [0.1, 0.15) is 10.5 Å². The minimum absolute atomic E-state index is 0.0122. The van der Waals surface area contributed by atoms with E-state index in [-0.39, 0.29) is 51.7 Å². The quantitative estimate of drug-likeness (QED) is 0.492. The molecule has 0 saturated carbocycles. The third kappa shape index (κ3) is 4.34. The number of benzene rings is 2. The smallest absolute Gasteiger partial charge is 0.283 e. The molecular formula is C17H14Cl3N3O5S.